The molecule has 1 aromatic heterocycles. The van der Waals surface area contributed by atoms with Crippen LogP contribution in [0, 0.1) is 15.9 Å². The minimum atomic E-state index is -0.414. The molecule has 0 aliphatic carbocycles. The zero-order valence-electron chi connectivity index (χ0n) is 13.6. The summed E-state index contributed by atoms with van der Waals surface area (Å²) in [5.41, 5.74) is 2.58. The van der Waals surface area contributed by atoms with Crippen LogP contribution in [0.15, 0.2) is 67.0 Å². The zero-order chi connectivity index (χ0) is 17.8. The van der Waals surface area contributed by atoms with Crippen LogP contribution in [0.5, 0.6) is 0 Å². The predicted molar refractivity (Wildman–Crippen MR) is 93.1 cm³/mol. The Hall–Kier alpha value is -2.50. The molecule has 0 amide bonds. The van der Waals surface area contributed by atoms with E-state index in [1.165, 1.54) is 18.2 Å². The van der Waals surface area contributed by atoms with Crippen LogP contribution in [0.1, 0.15) is 16.7 Å². The summed E-state index contributed by atoms with van der Waals surface area (Å²) in [7, 11) is 0. The summed E-state index contributed by atoms with van der Waals surface area (Å²) in [5.74, 6) is -0.324. The van der Waals surface area contributed by atoms with Crippen molar-refractivity contribution in [1.82, 2.24) is 0 Å². The minimum Gasteiger partial charge on any atom is -1.00 e. The molecule has 0 radical (unpaired) electrons. The van der Waals surface area contributed by atoms with Gasteiger partial charge in [-0.2, -0.15) is 0 Å². The maximum Gasteiger partial charge on any atom is 0.269 e. The van der Waals surface area contributed by atoms with Gasteiger partial charge in [0.15, 0.2) is 18.9 Å². The van der Waals surface area contributed by atoms with Gasteiger partial charge < -0.3 is 12.4 Å². The first kappa shape index (κ1) is 19.8. The van der Waals surface area contributed by atoms with E-state index in [4.69, 9.17) is 11.6 Å². The minimum absolute atomic E-state index is 0. The molecule has 0 aliphatic heterocycles. The molecule has 3 aromatic rings. The Morgan fingerprint density at radius 2 is 1.62 bits per heavy atom. The number of pyridine rings is 1. The molecule has 134 valence electrons. The van der Waals surface area contributed by atoms with Gasteiger partial charge in [-0.1, -0.05) is 29.8 Å². The van der Waals surface area contributed by atoms with Crippen LogP contribution >= 0.6 is 11.6 Å². The van der Waals surface area contributed by atoms with Crippen molar-refractivity contribution >= 4 is 17.3 Å². The molecule has 0 saturated carbocycles. The van der Waals surface area contributed by atoms with Crippen molar-refractivity contribution in [3.8, 4) is 0 Å². The number of hydrogen-bond acceptors (Lipinski definition) is 2. The predicted octanol–water partition coefficient (Wildman–Crippen LogP) is 1.32. The van der Waals surface area contributed by atoms with E-state index in [1.54, 1.807) is 24.3 Å². The van der Waals surface area contributed by atoms with Crippen molar-refractivity contribution < 1.29 is 26.3 Å². The summed E-state index contributed by atoms with van der Waals surface area (Å²) < 4.78 is 15.7. The van der Waals surface area contributed by atoms with E-state index < -0.39 is 4.92 Å². The van der Waals surface area contributed by atoms with Crippen LogP contribution < -0.4 is 17.0 Å². The Morgan fingerprint density at radius 1 is 1.00 bits per heavy atom. The normalized spacial score (nSPS) is 10.2. The molecule has 0 aliphatic rings. The fourth-order valence-corrected chi connectivity index (χ4v) is 2.77. The third kappa shape index (κ3) is 4.77. The second-order valence-corrected chi connectivity index (χ2v) is 6.09. The molecule has 2 aromatic carbocycles. The lowest BCUT2D eigenvalue weighted by molar-refractivity contribution is -0.688. The SMILES string of the molecule is O=[N+]([O-])c1ccc(Cc2cc[n+](Cc3c(F)cccc3Cl)cc2)cc1.[Cl-]. The number of aromatic nitrogens is 1. The summed E-state index contributed by atoms with van der Waals surface area (Å²) >= 11 is 6.05. The lowest BCUT2D eigenvalue weighted by Crippen LogP contribution is -3.00. The molecule has 1 heterocycles. The van der Waals surface area contributed by atoms with Crippen molar-refractivity contribution in [2.75, 3.05) is 0 Å². The molecule has 7 heteroatoms. The Kier molecular flexibility index (Phi) is 6.66. The summed E-state index contributed by atoms with van der Waals surface area (Å²) in [4.78, 5) is 10.3. The first-order valence-corrected chi connectivity index (χ1v) is 8.05. The summed E-state index contributed by atoms with van der Waals surface area (Å²) in [6, 6.07) is 15.0. The summed E-state index contributed by atoms with van der Waals surface area (Å²) in [6.07, 6.45) is 4.40. The van der Waals surface area contributed by atoms with Gasteiger partial charge in [0, 0.05) is 24.3 Å². The van der Waals surface area contributed by atoms with Gasteiger partial charge in [0.25, 0.3) is 5.69 Å². The molecule has 4 nitrogen and oxygen atoms in total. The molecule has 0 fully saturated rings. The average Bonchev–Trinajstić information content (AvgIpc) is 2.60. The van der Waals surface area contributed by atoms with Crippen molar-refractivity contribution in [3.63, 3.8) is 0 Å². The number of benzene rings is 2. The van der Waals surface area contributed by atoms with Crippen molar-refractivity contribution in [2.45, 2.75) is 13.0 Å². The van der Waals surface area contributed by atoms with E-state index in [-0.39, 0.29) is 23.9 Å². The van der Waals surface area contributed by atoms with Gasteiger partial charge in [-0.05, 0) is 29.7 Å². The van der Waals surface area contributed by atoms with Crippen molar-refractivity contribution in [3.05, 3.63) is 105 Å². The smallest absolute Gasteiger partial charge is 0.269 e. The third-order valence-corrected chi connectivity index (χ3v) is 4.27. The van der Waals surface area contributed by atoms with Gasteiger partial charge in [0.2, 0.25) is 0 Å². The van der Waals surface area contributed by atoms with Gasteiger partial charge >= 0.3 is 0 Å². The first-order valence-electron chi connectivity index (χ1n) is 7.67. The monoisotopic (exact) mass is 392 g/mol. The van der Waals surface area contributed by atoms with Gasteiger partial charge in [-0.25, -0.2) is 8.96 Å². The van der Waals surface area contributed by atoms with Crippen LogP contribution in [0.25, 0.3) is 0 Å². The number of non-ortho nitro benzene ring substituents is 1. The molecule has 0 saturated heterocycles. The summed E-state index contributed by atoms with van der Waals surface area (Å²) in [6.45, 7) is 0.351. The highest BCUT2D eigenvalue weighted by atomic mass is 35.5. The van der Waals surface area contributed by atoms with Gasteiger partial charge in [-0.15, -0.1) is 0 Å². The maximum atomic E-state index is 13.8. The lowest BCUT2D eigenvalue weighted by atomic mass is 10.1. The number of rotatable bonds is 5. The fraction of sp³-hybridized carbons (Fsp3) is 0.105. The molecular weight excluding hydrogens is 378 g/mol. The van der Waals surface area contributed by atoms with Crippen LogP contribution in [0.3, 0.4) is 0 Å². The van der Waals surface area contributed by atoms with Crippen LogP contribution in [-0.2, 0) is 13.0 Å². The van der Waals surface area contributed by atoms with E-state index in [0.29, 0.717) is 23.6 Å². The number of halogens is 3. The lowest BCUT2D eigenvalue weighted by Gasteiger charge is -2.04. The number of nitrogens with zero attached hydrogens (tertiary/aromatic N) is 2. The largest absolute Gasteiger partial charge is 1.00 e. The molecule has 3 rings (SSSR count). The highest BCUT2D eigenvalue weighted by Gasteiger charge is 2.12. The molecule has 0 atom stereocenters. The zero-order valence-corrected chi connectivity index (χ0v) is 15.1. The van der Waals surface area contributed by atoms with E-state index in [2.05, 4.69) is 0 Å². The highest BCUT2D eigenvalue weighted by Crippen LogP contribution is 2.18. The third-order valence-electron chi connectivity index (χ3n) is 3.92. The van der Waals surface area contributed by atoms with Gasteiger partial charge in [-0.3, -0.25) is 10.1 Å². The fourth-order valence-electron chi connectivity index (χ4n) is 2.55. The topological polar surface area (TPSA) is 47.0 Å². The summed E-state index contributed by atoms with van der Waals surface area (Å²) in [5, 5.41) is 11.1. The van der Waals surface area contributed by atoms with Crippen molar-refractivity contribution in [2.24, 2.45) is 0 Å². The Labute approximate surface area is 161 Å². The first-order chi connectivity index (χ1) is 12.0. The molecule has 0 N–H and O–H groups in total. The van der Waals surface area contributed by atoms with E-state index in [0.717, 1.165) is 11.1 Å². The Bertz CT molecular complexity index is 880. The van der Waals surface area contributed by atoms with Gasteiger partial charge in [0.05, 0.1) is 15.5 Å². The maximum absolute atomic E-state index is 13.8. The van der Waals surface area contributed by atoms with Gasteiger partial charge in [0.1, 0.15) is 5.82 Å². The van der Waals surface area contributed by atoms with Crippen LogP contribution in [0.4, 0.5) is 10.1 Å². The second kappa shape index (κ2) is 8.74. The quantitative estimate of drug-likeness (QED) is 0.373. The number of hydrogen-bond donors (Lipinski definition) is 0. The Morgan fingerprint density at radius 3 is 2.19 bits per heavy atom. The Balaban J connectivity index is 0.00000243. The van der Waals surface area contributed by atoms with E-state index in [9.17, 15) is 14.5 Å². The van der Waals surface area contributed by atoms with Crippen molar-refractivity contribution in [1.29, 1.82) is 0 Å². The van der Waals surface area contributed by atoms with E-state index >= 15 is 0 Å². The highest BCUT2D eigenvalue weighted by molar-refractivity contribution is 6.31. The molecule has 0 bridgehead atoms. The molecular formula is C19H15Cl2FN2O2. The van der Waals surface area contributed by atoms with E-state index in [1.807, 2.05) is 29.1 Å². The second-order valence-electron chi connectivity index (χ2n) is 5.68. The van der Waals surface area contributed by atoms with Crippen LogP contribution in [0.2, 0.25) is 5.02 Å². The average molecular weight is 393 g/mol. The van der Waals surface area contributed by atoms with Crippen LogP contribution in [-0.4, -0.2) is 4.92 Å². The number of nitro benzene ring substituents is 1. The molecule has 0 unspecified atom stereocenters. The standard InChI is InChI=1S/C19H15ClFN2O2.ClH/c20-18-2-1-3-19(21)17(18)13-22-10-8-15(9-11-22)12-14-4-6-16(7-5-14)23(24)25;/h1-11H,12-13H2;1H/q+1;/p-1. The molecule has 0 spiro atoms. The molecule has 26 heavy (non-hydrogen) atoms. The number of nitro groups is 1.